The first kappa shape index (κ1) is 21.7. The van der Waals surface area contributed by atoms with Crippen molar-refractivity contribution in [2.45, 2.75) is 12.4 Å². The number of benzene rings is 2. The molecule has 0 atom stereocenters. The van der Waals surface area contributed by atoms with E-state index in [1.54, 1.807) is 18.2 Å². The highest BCUT2D eigenvalue weighted by Gasteiger charge is 2.15. The molecule has 0 spiro atoms. The third kappa shape index (κ3) is 6.23. The molecule has 2 aromatic rings. The number of hydrogen-bond donors (Lipinski definition) is 4. The molecular formula is C16H16ClN5O4S2. The largest absolute Gasteiger partial charge is 0.465 e. The number of non-ortho nitro benzene ring substituents is 1. The predicted octanol–water partition coefficient (Wildman–Crippen LogP) is 3.43. The standard InChI is InChI=1S/C16H16ClN5O4S2/c17-11-2-1-9(8-28-15(18)19)14(6-11)26-13-4-3-12(22(23)24)5-10(13)7-25-16(27)21-20/h1-6H,7-8,20H2,(H3,18,19)(H,21,27). The van der Waals surface area contributed by atoms with E-state index in [0.717, 1.165) is 17.3 Å². The van der Waals surface area contributed by atoms with Crippen molar-refractivity contribution in [3.8, 4) is 11.5 Å². The summed E-state index contributed by atoms with van der Waals surface area (Å²) in [6.45, 7) is -0.0991. The first-order valence-corrected chi connectivity index (χ1v) is 9.41. The van der Waals surface area contributed by atoms with Gasteiger partial charge in [-0.1, -0.05) is 29.4 Å². The van der Waals surface area contributed by atoms with E-state index in [1.807, 2.05) is 0 Å². The Labute approximate surface area is 174 Å². The number of thioether (sulfide) groups is 1. The number of ether oxygens (including phenoxy) is 2. The van der Waals surface area contributed by atoms with Gasteiger partial charge in [-0.05, 0) is 30.4 Å². The van der Waals surface area contributed by atoms with Crippen molar-refractivity contribution in [3.05, 3.63) is 62.7 Å². The van der Waals surface area contributed by atoms with Gasteiger partial charge in [-0.3, -0.25) is 20.9 Å². The topological polar surface area (TPSA) is 150 Å². The van der Waals surface area contributed by atoms with Crippen molar-refractivity contribution in [2.24, 2.45) is 11.6 Å². The molecule has 0 aliphatic rings. The number of nitrogens with one attached hydrogen (secondary N) is 2. The van der Waals surface area contributed by atoms with Crippen LogP contribution >= 0.6 is 35.6 Å². The Morgan fingerprint density at radius 1 is 1.29 bits per heavy atom. The summed E-state index contributed by atoms with van der Waals surface area (Å²) in [6, 6.07) is 9.14. The Hall–Kier alpha value is -2.60. The molecule has 0 saturated carbocycles. The molecule has 0 aromatic heterocycles. The van der Waals surface area contributed by atoms with Crippen LogP contribution in [0, 0.1) is 15.5 Å². The Kier molecular flexibility index (Phi) is 7.81. The van der Waals surface area contributed by atoms with E-state index >= 15 is 0 Å². The van der Waals surface area contributed by atoms with Crippen LogP contribution in [0.4, 0.5) is 5.69 Å². The average molecular weight is 442 g/mol. The normalized spacial score (nSPS) is 10.2. The third-order valence-electron chi connectivity index (χ3n) is 3.36. The van der Waals surface area contributed by atoms with Gasteiger partial charge < -0.3 is 15.2 Å². The fourth-order valence-corrected chi connectivity index (χ4v) is 2.86. The van der Waals surface area contributed by atoms with Crippen LogP contribution in [0.5, 0.6) is 11.5 Å². The number of amidine groups is 1. The zero-order chi connectivity index (χ0) is 20.7. The van der Waals surface area contributed by atoms with Gasteiger partial charge in [0.05, 0.1) is 4.92 Å². The number of nitro groups is 1. The molecule has 148 valence electrons. The van der Waals surface area contributed by atoms with Crippen LogP contribution in [0.2, 0.25) is 5.02 Å². The number of rotatable bonds is 7. The fraction of sp³-hybridized carbons (Fsp3) is 0.125. The van der Waals surface area contributed by atoms with Gasteiger partial charge in [0.1, 0.15) is 18.1 Å². The second kappa shape index (κ2) is 10.1. The maximum atomic E-state index is 11.1. The van der Waals surface area contributed by atoms with Gasteiger partial charge in [0.25, 0.3) is 10.9 Å². The molecule has 2 rings (SSSR count). The molecule has 0 aliphatic heterocycles. The number of halogens is 1. The zero-order valence-electron chi connectivity index (χ0n) is 14.3. The molecule has 0 saturated heterocycles. The van der Waals surface area contributed by atoms with Gasteiger partial charge in [-0.15, -0.1) is 0 Å². The van der Waals surface area contributed by atoms with Crippen LogP contribution in [0.15, 0.2) is 36.4 Å². The summed E-state index contributed by atoms with van der Waals surface area (Å²) in [4.78, 5) is 10.6. The van der Waals surface area contributed by atoms with Gasteiger partial charge >= 0.3 is 0 Å². The number of hydrogen-bond acceptors (Lipinski definition) is 8. The minimum atomic E-state index is -0.527. The van der Waals surface area contributed by atoms with Crippen LogP contribution in [-0.4, -0.2) is 15.3 Å². The molecule has 0 unspecified atom stereocenters. The average Bonchev–Trinajstić information content (AvgIpc) is 2.65. The molecule has 0 amide bonds. The van der Waals surface area contributed by atoms with Crippen LogP contribution < -0.4 is 21.7 Å². The second-order valence-electron chi connectivity index (χ2n) is 5.28. The molecule has 0 bridgehead atoms. The van der Waals surface area contributed by atoms with Crippen LogP contribution in [-0.2, 0) is 17.1 Å². The molecule has 0 heterocycles. The molecule has 9 nitrogen and oxygen atoms in total. The third-order valence-corrected chi connectivity index (χ3v) is 4.60. The van der Waals surface area contributed by atoms with E-state index < -0.39 is 4.92 Å². The van der Waals surface area contributed by atoms with E-state index in [2.05, 4.69) is 5.43 Å². The smallest absolute Gasteiger partial charge is 0.271 e. The second-order valence-corrected chi connectivity index (χ2v) is 7.10. The maximum Gasteiger partial charge on any atom is 0.271 e. The van der Waals surface area contributed by atoms with Crippen LogP contribution in [0.1, 0.15) is 11.1 Å². The lowest BCUT2D eigenvalue weighted by Crippen LogP contribution is -2.30. The Balaban J connectivity index is 2.36. The quantitative estimate of drug-likeness (QED) is 0.126. The van der Waals surface area contributed by atoms with Crippen molar-refractivity contribution >= 4 is 51.6 Å². The minimum Gasteiger partial charge on any atom is -0.465 e. The SMILES string of the molecule is N=C(N)SCc1ccc(Cl)cc1Oc1ccc([N+](=O)[O-])cc1COC(=S)NN. The summed E-state index contributed by atoms with van der Waals surface area (Å²) >= 11 is 12.0. The van der Waals surface area contributed by atoms with E-state index in [0.29, 0.717) is 27.8 Å². The van der Waals surface area contributed by atoms with Gasteiger partial charge in [0.15, 0.2) is 5.17 Å². The Bertz CT molecular complexity index is 913. The number of thiocarbonyl (C=S) groups is 1. The van der Waals surface area contributed by atoms with Gasteiger partial charge in [-0.25, -0.2) is 5.84 Å². The van der Waals surface area contributed by atoms with Crippen molar-refractivity contribution in [3.63, 3.8) is 0 Å². The van der Waals surface area contributed by atoms with E-state index in [1.165, 1.54) is 18.2 Å². The van der Waals surface area contributed by atoms with Gasteiger partial charge in [-0.2, -0.15) is 0 Å². The lowest BCUT2D eigenvalue weighted by molar-refractivity contribution is -0.385. The molecule has 0 fully saturated rings. The van der Waals surface area contributed by atoms with Crippen molar-refractivity contribution in [2.75, 3.05) is 0 Å². The summed E-state index contributed by atoms with van der Waals surface area (Å²) in [5.74, 6) is 6.31. The van der Waals surface area contributed by atoms with Crippen molar-refractivity contribution in [1.29, 1.82) is 5.41 Å². The highest BCUT2D eigenvalue weighted by molar-refractivity contribution is 8.13. The highest BCUT2D eigenvalue weighted by Crippen LogP contribution is 2.34. The first-order chi connectivity index (χ1) is 13.3. The summed E-state index contributed by atoms with van der Waals surface area (Å²) in [5.41, 5.74) is 8.56. The number of nitrogens with zero attached hydrogens (tertiary/aromatic N) is 1. The molecular weight excluding hydrogens is 426 g/mol. The van der Waals surface area contributed by atoms with E-state index in [4.69, 9.17) is 50.3 Å². The zero-order valence-corrected chi connectivity index (χ0v) is 16.7. The molecule has 28 heavy (non-hydrogen) atoms. The molecule has 12 heteroatoms. The van der Waals surface area contributed by atoms with Crippen molar-refractivity contribution < 1.29 is 14.4 Å². The number of hydrazine groups is 1. The first-order valence-electron chi connectivity index (χ1n) is 7.64. The van der Waals surface area contributed by atoms with Crippen LogP contribution in [0.25, 0.3) is 0 Å². The van der Waals surface area contributed by atoms with Crippen molar-refractivity contribution in [1.82, 2.24) is 5.43 Å². The summed E-state index contributed by atoms with van der Waals surface area (Å²) in [6.07, 6.45) is 0. The summed E-state index contributed by atoms with van der Waals surface area (Å²) in [7, 11) is 0. The molecule has 2 aromatic carbocycles. The monoisotopic (exact) mass is 441 g/mol. The Morgan fingerprint density at radius 3 is 2.68 bits per heavy atom. The number of nitrogens with two attached hydrogens (primary N) is 2. The maximum absolute atomic E-state index is 11.1. The lowest BCUT2D eigenvalue weighted by Gasteiger charge is -2.15. The number of nitro benzene ring substituents is 1. The van der Waals surface area contributed by atoms with E-state index in [-0.39, 0.29) is 22.6 Å². The molecule has 0 radical (unpaired) electrons. The highest BCUT2D eigenvalue weighted by atomic mass is 35.5. The van der Waals surface area contributed by atoms with Gasteiger partial charge in [0, 0.05) is 34.0 Å². The summed E-state index contributed by atoms with van der Waals surface area (Å²) < 4.78 is 11.2. The van der Waals surface area contributed by atoms with Gasteiger partial charge in [0.2, 0.25) is 0 Å². The predicted molar refractivity (Wildman–Crippen MR) is 113 cm³/mol. The lowest BCUT2D eigenvalue weighted by atomic mass is 10.1. The van der Waals surface area contributed by atoms with Crippen LogP contribution in [0.3, 0.4) is 0 Å². The fourth-order valence-electron chi connectivity index (χ4n) is 2.09. The summed E-state index contributed by atoms with van der Waals surface area (Å²) in [5, 5.41) is 18.8. The Morgan fingerprint density at radius 2 is 2.04 bits per heavy atom. The molecule has 6 N–H and O–H groups in total. The van der Waals surface area contributed by atoms with E-state index in [9.17, 15) is 10.1 Å². The minimum absolute atomic E-state index is 0.0341. The molecule has 0 aliphatic carbocycles.